The van der Waals surface area contributed by atoms with Gasteiger partial charge in [0.15, 0.2) is 0 Å². The van der Waals surface area contributed by atoms with E-state index < -0.39 is 23.3 Å². The molecular formula is C24H25N5O3. The number of aromatic nitrogens is 2. The van der Waals surface area contributed by atoms with Gasteiger partial charge >= 0.3 is 6.03 Å². The Balaban J connectivity index is 1.79. The molecule has 3 amide bonds. The number of para-hydroxylation sites is 1. The van der Waals surface area contributed by atoms with Crippen molar-refractivity contribution in [3.8, 4) is 22.9 Å². The maximum absolute atomic E-state index is 12.9. The number of hydrogen-bond acceptors (Lipinski definition) is 6. The standard InChI is InChI=1S/C24H25N5O3/c1-24(2,22(30)28-23(25)31)20-15-7-5-6-8-18(15)32-21-16(20)10-11-17(27-21)14-9-12-19(26-13-14)29(3)4/h5-13,20H,1-4H3,(H3,25,28,30,31)/t20-/m0/s1. The molecule has 1 atom stereocenters. The summed E-state index contributed by atoms with van der Waals surface area (Å²) in [6.07, 6.45) is 1.77. The number of primary amides is 1. The molecule has 0 unspecified atom stereocenters. The zero-order valence-corrected chi connectivity index (χ0v) is 18.4. The number of urea groups is 1. The van der Waals surface area contributed by atoms with Gasteiger partial charge in [0.05, 0.1) is 11.1 Å². The molecule has 1 aliphatic rings. The lowest BCUT2D eigenvalue weighted by atomic mass is 9.69. The second-order valence-corrected chi connectivity index (χ2v) is 8.50. The number of anilines is 1. The Morgan fingerprint density at radius 2 is 1.81 bits per heavy atom. The van der Waals surface area contributed by atoms with Gasteiger partial charge in [-0.1, -0.05) is 38.1 Å². The number of nitrogens with one attached hydrogen (secondary N) is 1. The SMILES string of the molecule is CN(C)c1ccc(-c2ccc3c(n2)Oc2ccccc2[C@@H]3C(C)(C)C(=O)NC(N)=O)cn1. The molecule has 0 radical (unpaired) electrons. The van der Waals surface area contributed by atoms with Crippen LogP contribution in [0.2, 0.25) is 0 Å². The van der Waals surface area contributed by atoms with Crippen molar-refractivity contribution in [3.05, 3.63) is 65.9 Å². The summed E-state index contributed by atoms with van der Waals surface area (Å²) in [6, 6.07) is 14.3. The van der Waals surface area contributed by atoms with Crippen LogP contribution in [-0.2, 0) is 4.79 Å². The third-order valence-corrected chi connectivity index (χ3v) is 5.68. The molecule has 8 nitrogen and oxygen atoms in total. The monoisotopic (exact) mass is 431 g/mol. The van der Waals surface area contributed by atoms with Crippen LogP contribution in [0.4, 0.5) is 10.6 Å². The van der Waals surface area contributed by atoms with Gasteiger partial charge in [-0.2, -0.15) is 0 Å². The van der Waals surface area contributed by atoms with Gasteiger partial charge in [-0.3, -0.25) is 10.1 Å². The highest BCUT2D eigenvalue weighted by Crippen LogP contribution is 2.51. The zero-order chi connectivity index (χ0) is 23.0. The van der Waals surface area contributed by atoms with Gasteiger partial charge in [0, 0.05) is 42.9 Å². The highest BCUT2D eigenvalue weighted by molar-refractivity contribution is 5.97. The van der Waals surface area contributed by atoms with Crippen LogP contribution in [0.15, 0.2) is 54.7 Å². The van der Waals surface area contributed by atoms with Crippen molar-refractivity contribution >= 4 is 17.8 Å². The number of benzene rings is 1. The smallest absolute Gasteiger partial charge is 0.318 e. The first-order chi connectivity index (χ1) is 15.2. The van der Waals surface area contributed by atoms with E-state index in [1.807, 2.05) is 67.5 Å². The van der Waals surface area contributed by atoms with Gasteiger partial charge in [0.25, 0.3) is 0 Å². The van der Waals surface area contributed by atoms with Crippen molar-refractivity contribution in [3.63, 3.8) is 0 Å². The molecule has 0 saturated heterocycles. The molecule has 0 fully saturated rings. The van der Waals surface area contributed by atoms with Crippen LogP contribution >= 0.6 is 0 Å². The summed E-state index contributed by atoms with van der Waals surface area (Å²) < 4.78 is 6.12. The van der Waals surface area contributed by atoms with E-state index in [1.165, 1.54) is 0 Å². The Kier molecular flexibility index (Phi) is 5.30. The molecule has 4 rings (SSSR count). The molecule has 0 saturated carbocycles. The second-order valence-electron chi connectivity index (χ2n) is 8.50. The predicted molar refractivity (Wildman–Crippen MR) is 122 cm³/mol. The van der Waals surface area contributed by atoms with Gasteiger partial charge in [-0.15, -0.1) is 0 Å². The molecule has 2 aromatic heterocycles. The lowest BCUT2D eigenvalue weighted by Crippen LogP contribution is -2.46. The number of hydrogen-bond donors (Lipinski definition) is 2. The van der Waals surface area contributed by atoms with E-state index in [0.29, 0.717) is 17.3 Å². The normalized spacial score (nSPS) is 14.6. The van der Waals surface area contributed by atoms with Crippen LogP contribution in [0.25, 0.3) is 11.3 Å². The maximum atomic E-state index is 12.9. The number of rotatable bonds is 4. The number of amides is 3. The number of carbonyl (C=O) groups excluding carboxylic acids is 2. The Labute approximate surface area is 186 Å². The molecule has 1 aliphatic heterocycles. The summed E-state index contributed by atoms with van der Waals surface area (Å²) >= 11 is 0. The van der Waals surface area contributed by atoms with E-state index in [9.17, 15) is 9.59 Å². The Morgan fingerprint density at radius 1 is 1.06 bits per heavy atom. The minimum Gasteiger partial charge on any atom is -0.438 e. The predicted octanol–water partition coefficient (Wildman–Crippen LogP) is 3.67. The van der Waals surface area contributed by atoms with Crippen LogP contribution in [0.1, 0.15) is 30.9 Å². The summed E-state index contributed by atoms with van der Waals surface area (Å²) in [5, 5.41) is 2.22. The van der Waals surface area contributed by atoms with Gasteiger partial charge in [-0.25, -0.2) is 14.8 Å². The van der Waals surface area contributed by atoms with E-state index in [4.69, 9.17) is 15.5 Å². The van der Waals surface area contributed by atoms with Crippen LogP contribution < -0.4 is 20.7 Å². The summed E-state index contributed by atoms with van der Waals surface area (Å²) in [6.45, 7) is 3.55. The fraction of sp³-hybridized carbons (Fsp3) is 0.250. The highest BCUT2D eigenvalue weighted by atomic mass is 16.5. The molecule has 0 bridgehead atoms. The minimum absolute atomic E-state index is 0.391. The van der Waals surface area contributed by atoms with Gasteiger partial charge in [0.2, 0.25) is 11.8 Å². The number of fused-ring (bicyclic) bond motifs is 2. The quantitative estimate of drug-likeness (QED) is 0.652. The van der Waals surface area contributed by atoms with E-state index in [0.717, 1.165) is 22.5 Å². The summed E-state index contributed by atoms with van der Waals surface area (Å²) in [5.74, 6) is 1.03. The van der Waals surface area contributed by atoms with E-state index in [2.05, 4.69) is 10.3 Å². The molecule has 8 heteroatoms. The van der Waals surface area contributed by atoms with Crippen LogP contribution in [0, 0.1) is 5.41 Å². The summed E-state index contributed by atoms with van der Waals surface area (Å²) in [4.78, 5) is 35.3. The molecule has 3 aromatic rings. The Bertz CT molecular complexity index is 1190. The molecule has 32 heavy (non-hydrogen) atoms. The number of imide groups is 1. The minimum atomic E-state index is -0.998. The van der Waals surface area contributed by atoms with Crippen molar-refractivity contribution in [1.82, 2.24) is 15.3 Å². The first-order valence-electron chi connectivity index (χ1n) is 10.2. The molecule has 1 aromatic carbocycles. The second kappa shape index (κ2) is 7.96. The number of nitrogens with zero attached hydrogens (tertiary/aromatic N) is 3. The van der Waals surface area contributed by atoms with Crippen molar-refractivity contribution in [1.29, 1.82) is 0 Å². The summed E-state index contributed by atoms with van der Waals surface area (Å²) in [7, 11) is 3.86. The molecular weight excluding hydrogens is 406 g/mol. The summed E-state index contributed by atoms with van der Waals surface area (Å²) in [5.41, 5.74) is 7.37. The first kappa shape index (κ1) is 21.3. The van der Waals surface area contributed by atoms with E-state index >= 15 is 0 Å². The van der Waals surface area contributed by atoms with E-state index in [1.54, 1.807) is 20.0 Å². The lowest BCUT2D eigenvalue weighted by molar-refractivity contribution is -0.128. The third-order valence-electron chi connectivity index (χ3n) is 5.68. The number of carbonyl (C=O) groups is 2. The van der Waals surface area contributed by atoms with Crippen LogP contribution in [-0.4, -0.2) is 36.0 Å². The fourth-order valence-electron chi connectivity index (χ4n) is 3.98. The van der Waals surface area contributed by atoms with Crippen molar-refractivity contribution in [2.45, 2.75) is 19.8 Å². The molecule has 3 heterocycles. The molecule has 0 spiro atoms. The number of pyridine rings is 2. The van der Waals surface area contributed by atoms with Gasteiger partial charge < -0.3 is 15.4 Å². The Hall–Kier alpha value is -3.94. The highest BCUT2D eigenvalue weighted by Gasteiger charge is 2.44. The topological polar surface area (TPSA) is 110 Å². The maximum Gasteiger partial charge on any atom is 0.318 e. The van der Waals surface area contributed by atoms with Crippen LogP contribution in [0.5, 0.6) is 11.6 Å². The van der Waals surface area contributed by atoms with Gasteiger partial charge in [-0.05, 0) is 24.3 Å². The zero-order valence-electron chi connectivity index (χ0n) is 18.4. The largest absolute Gasteiger partial charge is 0.438 e. The molecule has 0 aliphatic carbocycles. The Morgan fingerprint density at radius 3 is 2.47 bits per heavy atom. The van der Waals surface area contributed by atoms with E-state index in [-0.39, 0.29) is 0 Å². The molecule has 164 valence electrons. The average molecular weight is 431 g/mol. The van der Waals surface area contributed by atoms with Crippen LogP contribution in [0.3, 0.4) is 0 Å². The van der Waals surface area contributed by atoms with Crippen molar-refractivity contribution in [2.75, 3.05) is 19.0 Å². The van der Waals surface area contributed by atoms with Crippen molar-refractivity contribution in [2.24, 2.45) is 11.1 Å². The first-order valence-corrected chi connectivity index (χ1v) is 10.2. The third kappa shape index (κ3) is 3.75. The fourth-order valence-corrected chi connectivity index (χ4v) is 3.98. The molecule has 3 N–H and O–H groups in total. The average Bonchev–Trinajstić information content (AvgIpc) is 2.76. The van der Waals surface area contributed by atoms with Crippen molar-refractivity contribution < 1.29 is 14.3 Å². The number of ether oxygens (including phenoxy) is 1. The number of nitrogens with two attached hydrogens (primary N) is 1. The van der Waals surface area contributed by atoms with Gasteiger partial charge in [0.1, 0.15) is 11.6 Å². The lowest BCUT2D eigenvalue weighted by Gasteiger charge is -2.37.